The van der Waals surface area contributed by atoms with E-state index < -0.39 is 0 Å². The Hall–Kier alpha value is -0.470. The summed E-state index contributed by atoms with van der Waals surface area (Å²) in [4.78, 5) is 1.43. The van der Waals surface area contributed by atoms with Crippen molar-refractivity contribution in [1.29, 1.82) is 0 Å². The van der Waals surface area contributed by atoms with Gasteiger partial charge in [0.25, 0.3) is 0 Å². The zero-order valence-electron chi connectivity index (χ0n) is 10.7. The van der Waals surface area contributed by atoms with E-state index in [-0.39, 0.29) is 0 Å². The van der Waals surface area contributed by atoms with Crippen molar-refractivity contribution in [2.75, 3.05) is 18.8 Å². The Morgan fingerprint density at radius 3 is 2.69 bits per heavy atom. The Balaban J connectivity index is 2.21. The predicted octanol–water partition coefficient (Wildman–Crippen LogP) is 3.79. The van der Waals surface area contributed by atoms with Gasteiger partial charge in [-0.05, 0) is 57.2 Å². The monoisotopic (exact) mass is 237 g/mol. The minimum atomic E-state index is 1.14. The molecule has 0 heterocycles. The SMILES string of the molecule is CCCNCCCSc1ccc(C)cc1C. The van der Waals surface area contributed by atoms with Crippen LogP contribution in [0.1, 0.15) is 30.9 Å². The standard InChI is InChI=1S/C14H23NS/c1-4-8-15-9-5-10-16-14-7-6-12(2)11-13(14)3/h6-7,11,15H,4-5,8-10H2,1-3H3. The van der Waals surface area contributed by atoms with Crippen LogP contribution in [0.25, 0.3) is 0 Å². The van der Waals surface area contributed by atoms with Gasteiger partial charge in [-0.2, -0.15) is 0 Å². The van der Waals surface area contributed by atoms with E-state index >= 15 is 0 Å². The van der Waals surface area contributed by atoms with Crippen LogP contribution in [0.3, 0.4) is 0 Å². The van der Waals surface area contributed by atoms with Crippen molar-refractivity contribution in [3.63, 3.8) is 0 Å². The zero-order valence-corrected chi connectivity index (χ0v) is 11.5. The molecule has 90 valence electrons. The predicted molar refractivity (Wildman–Crippen MR) is 74.4 cm³/mol. The summed E-state index contributed by atoms with van der Waals surface area (Å²) in [6.45, 7) is 8.85. The third kappa shape index (κ3) is 5.04. The molecule has 1 nitrogen and oxygen atoms in total. The molecule has 1 N–H and O–H groups in total. The third-order valence-corrected chi connectivity index (χ3v) is 3.77. The number of aryl methyl sites for hydroxylation is 2. The van der Waals surface area contributed by atoms with Gasteiger partial charge in [-0.15, -0.1) is 11.8 Å². The molecule has 0 saturated carbocycles. The lowest BCUT2D eigenvalue weighted by Gasteiger charge is -2.07. The molecule has 0 saturated heterocycles. The van der Waals surface area contributed by atoms with Gasteiger partial charge in [0.15, 0.2) is 0 Å². The Kier molecular flexibility index (Phi) is 6.58. The maximum absolute atomic E-state index is 3.43. The van der Waals surface area contributed by atoms with Crippen LogP contribution in [0.5, 0.6) is 0 Å². The average Bonchev–Trinajstić information content (AvgIpc) is 2.26. The topological polar surface area (TPSA) is 12.0 Å². The molecule has 1 aromatic rings. The molecular weight excluding hydrogens is 214 g/mol. The molecule has 0 amide bonds. The van der Waals surface area contributed by atoms with E-state index in [4.69, 9.17) is 0 Å². The van der Waals surface area contributed by atoms with E-state index in [0.29, 0.717) is 0 Å². The lowest BCUT2D eigenvalue weighted by atomic mass is 10.2. The first kappa shape index (κ1) is 13.6. The first-order valence-electron chi connectivity index (χ1n) is 6.15. The molecule has 2 heteroatoms. The maximum atomic E-state index is 3.43. The van der Waals surface area contributed by atoms with E-state index in [0.717, 1.165) is 13.1 Å². The molecule has 0 fully saturated rings. The molecule has 16 heavy (non-hydrogen) atoms. The van der Waals surface area contributed by atoms with Gasteiger partial charge in [0.05, 0.1) is 0 Å². The summed E-state index contributed by atoms with van der Waals surface area (Å²) in [6, 6.07) is 6.71. The molecule has 0 aliphatic heterocycles. The van der Waals surface area contributed by atoms with Gasteiger partial charge in [0.2, 0.25) is 0 Å². The molecule has 0 unspecified atom stereocenters. The van der Waals surface area contributed by atoms with Crippen molar-refractivity contribution in [3.8, 4) is 0 Å². The molecule has 1 rings (SSSR count). The Morgan fingerprint density at radius 1 is 1.19 bits per heavy atom. The van der Waals surface area contributed by atoms with Crippen LogP contribution in [0.2, 0.25) is 0 Å². The largest absolute Gasteiger partial charge is 0.317 e. The van der Waals surface area contributed by atoms with Crippen LogP contribution >= 0.6 is 11.8 Å². The highest BCUT2D eigenvalue weighted by molar-refractivity contribution is 7.99. The summed E-state index contributed by atoms with van der Waals surface area (Å²) in [5, 5.41) is 3.43. The van der Waals surface area contributed by atoms with Gasteiger partial charge >= 0.3 is 0 Å². The smallest absolute Gasteiger partial charge is 0.0101 e. The van der Waals surface area contributed by atoms with Crippen molar-refractivity contribution in [2.24, 2.45) is 0 Å². The summed E-state index contributed by atoms with van der Waals surface area (Å²) in [6.07, 6.45) is 2.47. The fourth-order valence-corrected chi connectivity index (χ4v) is 2.60. The summed E-state index contributed by atoms with van der Waals surface area (Å²) < 4.78 is 0. The quantitative estimate of drug-likeness (QED) is 0.572. The van der Waals surface area contributed by atoms with Crippen LogP contribution in [0, 0.1) is 13.8 Å². The number of rotatable bonds is 7. The van der Waals surface area contributed by atoms with Crippen LogP contribution in [-0.2, 0) is 0 Å². The van der Waals surface area contributed by atoms with E-state index in [9.17, 15) is 0 Å². The highest BCUT2D eigenvalue weighted by Gasteiger charge is 1.98. The fourth-order valence-electron chi connectivity index (χ4n) is 1.64. The van der Waals surface area contributed by atoms with Crippen molar-refractivity contribution in [1.82, 2.24) is 5.32 Å². The molecule has 0 bridgehead atoms. The lowest BCUT2D eigenvalue weighted by Crippen LogP contribution is -2.16. The highest BCUT2D eigenvalue weighted by Crippen LogP contribution is 2.23. The molecule has 0 aliphatic carbocycles. The van der Waals surface area contributed by atoms with E-state index in [1.807, 2.05) is 11.8 Å². The van der Waals surface area contributed by atoms with Gasteiger partial charge in [-0.1, -0.05) is 24.6 Å². The number of hydrogen-bond donors (Lipinski definition) is 1. The fraction of sp³-hybridized carbons (Fsp3) is 0.571. The minimum absolute atomic E-state index is 1.14. The van der Waals surface area contributed by atoms with Crippen molar-refractivity contribution in [3.05, 3.63) is 29.3 Å². The van der Waals surface area contributed by atoms with Gasteiger partial charge < -0.3 is 5.32 Å². The first-order chi connectivity index (χ1) is 7.74. The average molecular weight is 237 g/mol. The third-order valence-electron chi connectivity index (χ3n) is 2.51. The highest BCUT2D eigenvalue weighted by atomic mass is 32.2. The van der Waals surface area contributed by atoms with Crippen LogP contribution in [-0.4, -0.2) is 18.8 Å². The van der Waals surface area contributed by atoms with E-state index in [1.165, 1.54) is 34.6 Å². The maximum Gasteiger partial charge on any atom is 0.0101 e. The molecular formula is C14H23NS. The second-order valence-electron chi connectivity index (χ2n) is 4.22. The normalized spacial score (nSPS) is 10.7. The van der Waals surface area contributed by atoms with Crippen molar-refractivity contribution in [2.45, 2.75) is 38.5 Å². The molecule has 0 aromatic heterocycles. The summed E-state index contributed by atoms with van der Waals surface area (Å²) in [5.41, 5.74) is 2.76. The second-order valence-corrected chi connectivity index (χ2v) is 5.36. The zero-order chi connectivity index (χ0) is 11.8. The number of hydrogen-bond acceptors (Lipinski definition) is 2. The Bertz CT molecular complexity index is 310. The van der Waals surface area contributed by atoms with E-state index in [1.54, 1.807) is 0 Å². The molecule has 0 radical (unpaired) electrons. The lowest BCUT2D eigenvalue weighted by molar-refractivity contribution is 0.664. The van der Waals surface area contributed by atoms with E-state index in [2.05, 4.69) is 44.3 Å². The van der Waals surface area contributed by atoms with Gasteiger partial charge in [-0.25, -0.2) is 0 Å². The molecule has 1 aromatic carbocycles. The number of thioether (sulfide) groups is 1. The molecule has 0 atom stereocenters. The second kappa shape index (κ2) is 7.75. The number of nitrogens with one attached hydrogen (secondary N) is 1. The van der Waals surface area contributed by atoms with Crippen LogP contribution in [0.15, 0.2) is 23.1 Å². The van der Waals surface area contributed by atoms with Gasteiger partial charge in [0, 0.05) is 4.90 Å². The van der Waals surface area contributed by atoms with Crippen molar-refractivity contribution < 1.29 is 0 Å². The molecule has 0 spiro atoms. The van der Waals surface area contributed by atoms with Crippen LogP contribution in [0.4, 0.5) is 0 Å². The summed E-state index contributed by atoms with van der Waals surface area (Å²) in [7, 11) is 0. The summed E-state index contributed by atoms with van der Waals surface area (Å²) >= 11 is 1.97. The van der Waals surface area contributed by atoms with Crippen LogP contribution < -0.4 is 5.32 Å². The molecule has 0 aliphatic rings. The minimum Gasteiger partial charge on any atom is -0.317 e. The Morgan fingerprint density at radius 2 is 2.00 bits per heavy atom. The van der Waals surface area contributed by atoms with Gasteiger partial charge in [-0.3, -0.25) is 0 Å². The number of benzene rings is 1. The summed E-state index contributed by atoms with van der Waals surface area (Å²) in [5.74, 6) is 1.21. The first-order valence-corrected chi connectivity index (χ1v) is 7.13. The van der Waals surface area contributed by atoms with Gasteiger partial charge in [0.1, 0.15) is 0 Å². The Labute approximate surface area is 104 Å². The van der Waals surface area contributed by atoms with Crippen molar-refractivity contribution >= 4 is 11.8 Å².